The summed E-state index contributed by atoms with van der Waals surface area (Å²) in [5, 5.41) is 25.2. The number of nitrogens with zero attached hydrogens (tertiary/aromatic N) is 2. The number of aromatic hydroxyl groups is 2. The lowest BCUT2D eigenvalue weighted by Crippen LogP contribution is -2.38. The van der Waals surface area contributed by atoms with Crippen LogP contribution in [0.15, 0.2) is 12.1 Å². The van der Waals surface area contributed by atoms with E-state index < -0.39 is 5.97 Å². The van der Waals surface area contributed by atoms with E-state index in [1.54, 1.807) is 0 Å². The molecule has 0 aliphatic carbocycles. The lowest BCUT2D eigenvalue weighted by molar-refractivity contribution is -0.145. The Morgan fingerprint density at radius 2 is 1.88 bits per heavy atom. The first-order chi connectivity index (χ1) is 15.4. The van der Waals surface area contributed by atoms with Crippen LogP contribution >= 0.6 is 11.8 Å². The highest BCUT2D eigenvalue weighted by molar-refractivity contribution is 8.00. The second kappa shape index (κ2) is 11.3. The van der Waals surface area contributed by atoms with Gasteiger partial charge in [-0.15, -0.1) is 4.73 Å². The molecule has 178 valence electrons. The first-order valence-electron chi connectivity index (χ1n) is 11.1. The van der Waals surface area contributed by atoms with Crippen molar-refractivity contribution in [1.82, 2.24) is 20.3 Å². The number of hydrogen-bond donors (Lipinski definition) is 4. The highest BCUT2D eigenvalue weighted by Gasteiger charge is 2.46. The molecule has 2 fully saturated rings. The number of rotatable bonds is 12. The summed E-state index contributed by atoms with van der Waals surface area (Å²) in [6.07, 6.45) is 5.55. The summed E-state index contributed by atoms with van der Waals surface area (Å²) in [5.74, 6) is -0.243. The van der Waals surface area contributed by atoms with Crippen molar-refractivity contribution < 1.29 is 29.4 Å². The molecular formula is C21H32N4O6S. The van der Waals surface area contributed by atoms with E-state index in [1.165, 1.54) is 12.1 Å². The molecule has 2 aliphatic heterocycles. The molecule has 1 aromatic heterocycles. The number of thioether (sulfide) groups is 1. The predicted octanol–water partition coefficient (Wildman–Crippen LogP) is 1.60. The van der Waals surface area contributed by atoms with Crippen LogP contribution in [0.3, 0.4) is 0 Å². The van der Waals surface area contributed by atoms with Crippen molar-refractivity contribution in [1.29, 1.82) is 0 Å². The molecule has 4 N–H and O–H groups in total. The van der Waals surface area contributed by atoms with Gasteiger partial charge in [-0.25, -0.2) is 9.59 Å². The van der Waals surface area contributed by atoms with Gasteiger partial charge in [0.25, 0.3) is 0 Å². The molecule has 3 unspecified atom stereocenters. The van der Waals surface area contributed by atoms with Gasteiger partial charge in [0, 0.05) is 49.6 Å². The average molecular weight is 469 g/mol. The Kier molecular flexibility index (Phi) is 8.54. The second-order valence-corrected chi connectivity index (χ2v) is 9.52. The molecule has 3 heterocycles. The number of fused-ring (bicyclic) bond motifs is 1. The fourth-order valence-corrected chi connectivity index (χ4v) is 5.78. The van der Waals surface area contributed by atoms with Crippen LogP contribution in [0.5, 0.6) is 11.8 Å². The Morgan fingerprint density at radius 3 is 2.62 bits per heavy atom. The van der Waals surface area contributed by atoms with Gasteiger partial charge in [-0.2, -0.15) is 11.8 Å². The van der Waals surface area contributed by atoms with E-state index in [-0.39, 0.29) is 42.2 Å². The lowest BCUT2D eigenvalue weighted by atomic mass is 10.0. The molecule has 11 heteroatoms. The van der Waals surface area contributed by atoms with E-state index in [9.17, 15) is 24.6 Å². The van der Waals surface area contributed by atoms with Crippen LogP contribution in [0.25, 0.3) is 0 Å². The topological polar surface area (TPSA) is 133 Å². The van der Waals surface area contributed by atoms with Gasteiger partial charge in [0.2, 0.25) is 17.7 Å². The molecule has 3 amide bonds. The fraction of sp³-hybridized carbons (Fsp3) is 0.667. The molecule has 3 atom stereocenters. The zero-order valence-corrected chi connectivity index (χ0v) is 19.1. The summed E-state index contributed by atoms with van der Waals surface area (Å²) >= 11 is 1.91. The Hall–Kier alpha value is -2.56. The van der Waals surface area contributed by atoms with Gasteiger partial charge in [-0.3, -0.25) is 4.79 Å². The summed E-state index contributed by atoms with van der Waals surface area (Å²) in [5.41, 5.74) is 0. The van der Waals surface area contributed by atoms with Crippen molar-refractivity contribution in [3.05, 3.63) is 12.1 Å². The van der Waals surface area contributed by atoms with Crippen LogP contribution in [-0.2, 0) is 9.59 Å². The molecule has 2 saturated heterocycles. The predicted molar refractivity (Wildman–Crippen MR) is 119 cm³/mol. The minimum absolute atomic E-state index is 0.0149. The number of nitrogens with one attached hydrogen (secondary N) is 2. The largest absolute Gasteiger partial charge is 0.492 e. The van der Waals surface area contributed by atoms with Gasteiger partial charge in [-0.05, 0) is 25.7 Å². The first-order valence-corrected chi connectivity index (χ1v) is 12.1. The van der Waals surface area contributed by atoms with Crippen molar-refractivity contribution in [2.45, 2.75) is 68.7 Å². The van der Waals surface area contributed by atoms with Crippen molar-refractivity contribution in [2.75, 3.05) is 19.3 Å². The van der Waals surface area contributed by atoms with Crippen molar-refractivity contribution in [3.8, 4) is 11.8 Å². The van der Waals surface area contributed by atoms with Crippen LogP contribution in [0.2, 0.25) is 0 Å². The zero-order valence-electron chi connectivity index (χ0n) is 18.3. The maximum absolute atomic E-state index is 12.0. The molecule has 32 heavy (non-hydrogen) atoms. The number of amides is 3. The van der Waals surface area contributed by atoms with E-state index in [4.69, 9.17) is 4.84 Å². The number of carbonyl (C=O) groups excluding carboxylic acids is 3. The van der Waals surface area contributed by atoms with E-state index in [2.05, 4.69) is 10.6 Å². The van der Waals surface area contributed by atoms with Gasteiger partial charge in [0.15, 0.2) is 0 Å². The molecule has 0 radical (unpaired) electrons. The van der Waals surface area contributed by atoms with Gasteiger partial charge in [0.05, 0.1) is 12.1 Å². The SMILES string of the molecule is CN1C(=O)NC2CSC(CCCCC(=O)NCCCCCC(=O)On3c(O)ccc3O)C21. The molecule has 0 saturated carbocycles. The third kappa shape index (κ3) is 6.24. The van der Waals surface area contributed by atoms with E-state index in [1.807, 2.05) is 23.7 Å². The molecule has 3 rings (SSSR count). The smallest absolute Gasteiger partial charge is 0.333 e. The standard InChI is InChI=1S/C21H32N4O6S/c1-24-20-14(23-21(24)30)13-32-15(20)7-4-5-8-16(26)22-12-6-2-3-9-19(29)31-25-17(27)10-11-18(25)28/h10-11,14-15,20,27-28H,2-9,12-13H2,1H3,(H,22,26)(H,23,30). The van der Waals surface area contributed by atoms with Crippen molar-refractivity contribution in [2.24, 2.45) is 0 Å². The Bertz CT molecular complexity index is 797. The second-order valence-electron chi connectivity index (χ2n) is 8.24. The Morgan fingerprint density at radius 1 is 1.16 bits per heavy atom. The quantitative estimate of drug-likeness (QED) is 0.270. The fourth-order valence-electron chi connectivity index (χ4n) is 4.14. The van der Waals surface area contributed by atoms with Gasteiger partial charge >= 0.3 is 12.0 Å². The molecule has 1 aromatic rings. The molecular weight excluding hydrogens is 436 g/mol. The molecule has 0 spiro atoms. The Labute approximate surface area is 191 Å². The maximum Gasteiger partial charge on any atom is 0.333 e. The number of aromatic nitrogens is 1. The van der Waals surface area contributed by atoms with Crippen molar-refractivity contribution in [3.63, 3.8) is 0 Å². The summed E-state index contributed by atoms with van der Waals surface area (Å²) < 4.78 is 0.675. The van der Waals surface area contributed by atoms with Gasteiger partial charge in [-0.1, -0.05) is 12.8 Å². The van der Waals surface area contributed by atoms with Gasteiger partial charge in [0.1, 0.15) is 0 Å². The number of unbranched alkanes of at least 4 members (excludes halogenated alkanes) is 3. The van der Waals surface area contributed by atoms with E-state index >= 15 is 0 Å². The number of hydrogen-bond acceptors (Lipinski definition) is 7. The molecule has 0 bridgehead atoms. The molecule has 2 aliphatic rings. The monoisotopic (exact) mass is 468 g/mol. The summed E-state index contributed by atoms with van der Waals surface area (Å²) in [6, 6.07) is 2.98. The third-order valence-corrected chi connectivity index (χ3v) is 7.37. The number of likely N-dealkylation sites (N-methyl/N-ethyl adjacent to an activating group) is 1. The summed E-state index contributed by atoms with van der Waals surface area (Å²) in [6.45, 7) is 0.563. The third-order valence-electron chi connectivity index (χ3n) is 5.87. The zero-order chi connectivity index (χ0) is 23.1. The lowest BCUT2D eigenvalue weighted by Gasteiger charge is -2.23. The highest BCUT2D eigenvalue weighted by atomic mass is 32.2. The Balaban J connectivity index is 1.18. The van der Waals surface area contributed by atoms with Crippen LogP contribution < -0.4 is 15.5 Å². The molecule has 10 nitrogen and oxygen atoms in total. The summed E-state index contributed by atoms with van der Waals surface area (Å²) in [4.78, 5) is 42.2. The number of urea groups is 1. The van der Waals surface area contributed by atoms with Crippen molar-refractivity contribution >= 4 is 29.7 Å². The van der Waals surface area contributed by atoms with E-state index in [0.29, 0.717) is 29.4 Å². The average Bonchev–Trinajstić information content (AvgIpc) is 3.39. The van der Waals surface area contributed by atoms with Gasteiger partial charge < -0.3 is 30.6 Å². The van der Waals surface area contributed by atoms with Crippen LogP contribution in [0, 0.1) is 0 Å². The highest BCUT2D eigenvalue weighted by Crippen LogP contribution is 2.36. The molecule has 0 aromatic carbocycles. The van der Waals surface area contributed by atoms with Crippen LogP contribution in [0.1, 0.15) is 51.4 Å². The minimum atomic E-state index is -0.550. The minimum Gasteiger partial charge on any atom is -0.492 e. The van der Waals surface area contributed by atoms with E-state index in [0.717, 1.165) is 37.9 Å². The number of carbonyl (C=O) groups is 3. The first kappa shape index (κ1) is 24.1. The van der Waals surface area contributed by atoms with Crippen LogP contribution in [-0.4, -0.2) is 74.4 Å². The summed E-state index contributed by atoms with van der Waals surface area (Å²) in [7, 11) is 1.85. The maximum atomic E-state index is 12.0. The normalized spacial score (nSPS) is 22.0. The van der Waals surface area contributed by atoms with Crippen LogP contribution in [0.4, 0.5) is 4.79 Å².